The molecule has 0 saturated heterocycles. The van der Waals surface area contributed by atoms with Gasteiger partial charge in [0, 0.05) is 43.2 Å². The third-order valence-electron chi connectivity index (χ3n) is 5.77. The number of carbonyl (C=O) groups is 1. The normalized spacial score (nSPS) is 11.1. The van der Waals surface area contributed by atoms with Crippen LogP contribution in [0.4, 0.5) is 5.69 Å². The lowest BCUT2D eigenvalue weighted by atomic mass is 10.1. The molecule has 4 aromatic rings. The largest absolute Gasteiger partial charge is 0.462 e. The average molecular weight is 462 g/mol. The van der Waals surface area contributed by atoms with Crippen molar-refractivity contribution in [2.24, 2.45) is 14.1 Å². The Morgan fingerprint density at radius 2 is 1.74 bits per heavy atom. The van der Waals surface area contributed by atoms with Crippen LogP contribution in [-0.4, -0.2) is 31.2 Å². The number of nitrogens with zero attached hydrogens (tertiary/aromatic N) is 4. The summed E-state index contributed by atoms with van der Waals surface area (Å²) in [4.78, 5) is 48.9. The minimum Gasteiger partial charge on any atom is -0.462 e. The number of fused-ring (bicyclic) bond motifs is 1. The summed E-state index contributed by atoms with van der Waals surface area (Å²) in [6, 6.07) is 11.3. The van der Waals surface area contributed by atoms with E-state index in [0.29, 0.717) is 33.6 Å². The van der Waals surface area contributed by atoms with Gasteiger partial charge < -0.3 is 9.30 Å². The van der Waals surface area contributed by atoms with Crippen molar-refractivity contribution in [3.63, 3.8) is 0 Å². The quantitative estimate of drug-likeness (QED) is 0.255. The zero-order valence-electron chi connectivity index (χ0n) is 19.1. The number of benzene rings is 2. The number of nitro benzene ring substituents is 1. The Hall–Kier alpha value is -4.47. The van der Waals surface area contributed by atoms with Crippen molar-refractivity contribution in [2.75, 3.05) is 6.61 Å². The molecule has 174 valence electrons. The topological polar surface area (TPSA) is 118 Å². The van der Waals surface area contributed by atoms with E-state index in [9.17, 15) is 24.5 Å². The minimum absolute atomic E-state index is 0.0855. The molecule has 2 aromatic carbocycles. The fourth-order valence-electron chi connectivity index (χ4n) is 3.95. The Balaban J connectivity index is 2.06. The number of hydrogen-bond acceptors (Lipinski definition) is 6. The Morgan fingerprint density at radius 3 is 2.35 bits per heavy atom. The highest BCUT2D eigenvalue weighted by molar-refractivity contribution is 5.95. The molecule has 0 radical (unpaired) electrons. The zero-order chi connectivity index (χ0) is 24.7. The number of aromatic nitrogens is 3. The molecule has 0 aliphatic rings. The number of hydrogen-bond donors (Lipinski definition) is 0. The fraction of sp³-hybridized carbons (Fsp3) is 0.208. The fourth-order valence-corrected chi connectivity index (χ4v) is 3.95. The molecule has 10 heteroatoms. The molecule has 10 nitrogen and oxygen atoms in total. The zero-order valence-corrected chi connectivity index (χ0v) is 19.1. The third kappa shape index (κ3) is 3.58. The van der Waals surface area contributed by atoms with E-state index in [1.54, 1.807) is 68.1 Å². The van der Waals surface area contributed by atoms with E-state index in [-0.39, 0.29) is 17.7 Å². The highest BCUT2D eigenvalue weighted by atomic mass is 16.6. The van der Waals surface area contributed by atoms with Gasteiger partial charge in [-0.25, -0.2) is 9.59 Å². The van der Waals surface area contributed by atoms with E-state index in [1.165, 1.54) is 17.7 Å². The van der Waals surface area contributed by atoms with Gasteiger partial charge in [-0.2, -0.15) is 0 Å². The van der Waals surface area contributed by atoms with Gasteiger partial charge in [0.25, 0.3) is 11.2 Å². The number of ether oxygens (including phenoxy) is 1. The highest BCUT2D eigenvalue weighted by Gasteiger charge is 2.22. The SMILES string of the molecule is CCOC(=O)c1ccc(-n2cc3c(c2-c2ccc(C)c([N+](=O)[O-])c2)c(=O)n(C)c(=O)n3C)cc1. The smallest absolute Gasteiger partial charge is 0.338 e. The molecule has 0 spiro atoms. The lowest BCUT2D eigenvalue weighted by Crippen LogP contribution is -2.36. The summed E-state index contributed by atoms with van der Waals surface area (Å²) in [5, 5.41) is 11.8. The van der Waals surface area contributed by atoms with Crippen molar-refractivity contribution >= 4 is 22.6 Å². The Labute approximate surface area is 193 Å². The van der Waals surface area contributed by atoms with Crippen molar-refractivity contribution in [1.29, 1.82) is 0 Å². The number of aryl methyl sites for hydroxylation is 2. The molecule has 0 unspecified atom stereocenters. The van der Waals surface area contributed by atoms with E-state index in [2.05, 4.69) is 0 Å². The van der Waals surface area contributed by atoms with Gasteiger partial charge in [0.15, 0.2) is 0 Å². The maximum absolute atomic E-state index is 13.2. The molecule has 0 aliphatic carbocycles. The van der Waals surface area contributed by atoms with Gasteiger partial charge in [-0.1, -0.05) is 12.1 Å². The van der Waals surface area contributed by atoms with Crippen LogP contribution in [0.2, 0.25) is 0 Å². The molecule has 0 fully saturated rings. The maximum Gasteiger partial charge on any atom is 0.338 e. The Bertz CT molecular complexity index is 1570. The van der Waals surface area contributed by atoms with Crippen molar-refractivity contribution in [1.82, 2.24) is 13.7 Å². The minimum atomic E-state index is -0.516. The van der Waals surface area contributed by atoms with Gasteiger partial charge in [0.05, 0.1) is 33.7 Å². The van der Waals surface area contributed by atoms with E-state index in [4.69, 9.17) is 4.74 Å². The molecule has 0 saturated carbocycles. The third-order valence-corrected chi connectivity index (χ3v) is 5.77. The molecule has 0 N–H and O–H groups in total. The molecular weight excluding hydrogens is 440 g/mol. The summed E-state index contributed by atoms with van der Waals surface area (Å²) in [7, 11) is 2.94. The number of nitro groups is 1. The van der Waals surface area contributed by atoms with Crippen LogP contribution in [0.5, 0.6) is 0 Å². The predicted octanol–water partition coefficient (Wildman–Crippen LogP) is 3.09. The van der Waals surface area contributed by atoms with E-state index in [0.717, 1.165) is 4.57 Å². The van der Waals surface area contributed by atoms with E-state index in [1.807, 2.05) is 0 Å². The molecule has 2 heterocycles. The lowest BCUT2D eigenvalue weighted by molar-refractivity contribution is -0.385. The highest BCUT2D eigenvalue weighted by Crippen LogP contribution is 2.34. The van der Waals surface area contributed by atoms with Gasteiger partial charge >= 0.3 is 11.7 Å². The van der Waals surface area contributed by atoms with E-state index >= 15 is 0 Å². The molecule has 0 aliphatic heterocycles. The Kier molecular flexibility index (Phi) is 5.66. The first-order valence-electron chi connectivity index (χ1n) is 10.5. The van der Waals surface area contributed by atoms with Gasteiger partial charge in [-0.15, -0.1) is 0 Å². The van der Waals surface area contributed by atoms with Crippen molar-refractivity contribution < 1.29 is 14.5 Å². The summed E-state index contributed by atoms with van der Waals surface area (Å²) in [6.45, 7) is 3.60. The van der Waals surface area contributed by atoms with Crippen LogP contribution in [0.15, 0.2) is 58.3 Å². The molecule has 34 heavy (non-hydrogen) atoms. The van der Waals surface area contributed by atoms with Crippen LogP contribution in [-0.2, 0) is 18.8 Å². The number of rotatable bonds is 5. The molecule has 4 rings (SSSR count). The standard InChI is InChI=1S/C24H22N4O6/c1-5-34-23(30)15-8-10-17(11-9-15)27-13-19-20(22(29)26(4)24(31)25(19)3)21(27)16-7-6-14(2)18(12-16)28(32)33/h6-13H,5H2,1-4H3. The van der Waals surface area contributed by atoms with Crippen LogP contribution in [0, 0.1) is 17.0 Å². The van der Waals surface area contributed by atoms with Crippen LogP contribution in [0.25, 0.3) is 27.8 Å². The second-order valence-electron chi connectivity index (χ2n) is 7.84. The average Bonchev–Trinajstić information content (AvgIpc) is 3.22. The van der Waals surface area contributed by atoms with Crippen molar-refractivity contribution in [3.05, 3.63) is 90.7 Å². The van der Waals surface area contributed by atoms with Crippen LogP contribution in [0.3, 0.4) is 0 Å². The summed E-state index contributed by atoms with van der Waals surface area (Å²) in [6.07, 6.45) is 1.64. The van der Waals surface area contributed by atoms with Crippen LogP contribution in [0.1, 0.15) is 22.8 Å². The molecule has 0 amide bonds. The molecular formula is C24H22N4O6. The van der Waals surface area contributed by atoms with Crippen molar-refractivity contribution in [3.8, 4) is 16.9 Å². The van der Waals surface area contributed by atoms with Crippen molar-refractivity contribution in [2.45, 2.75) is 13.8 Å². The Morgan fingerprint density at radius 1 is 1.06 bits per heavy atom. The number of esters is 1. The second kappa shape index (κ2) is 8.47. The van der Waals surface area contributed by atoms with Gasteiger partial charge in [0.2, 0.25) is 0 Å². The van der Waals surface area contributed by atoms with Gasteiger partial charge in [-0.3, -0.25) is 24.0 Å². The predicted molar refractivity (Wildman–Crippen MR) is 127 cm³/mol. The maximum atomic E-state index is 13.2. The number of carbonyl (C=O) groups excluding carboxylic acids is 1. The lowest BCUT2D eigenvalue weighted by Gasteiger charge is -2.11. The van der Waals surface area contributed by atoms with E-state index < -0.39 is 22.1 Å². The van der Waals surface area contributed by atoms with Crippen LogP contribution < -0.4 is 11.2 Å². The first-order valence-corrected chi connectivity index (χ1v) is 10.5. The monoisotopic (exact) mass is 462 g/mol. The first kappa shape index (κ1) is 22.7. The summed E-state index contributed by atoms with van der Waals surface area (Å²) in [5.41, 5.74) is 1.56. The molecule has 2 aromatic heterocycles. The first-order chi connectivity index (χ1) is 16.1. The summed E-state index contributed by atoms with van der Waals surface area (Å²) < 4.78 is 9.07. The van der Waals surface area contributed by atoms with Gasteiger partial charge in [0.1, 0.15) is 0 Å². The van der Waals surface area contributed by atoms with Crippen LogP contribution >= 0.6 is 0 Å². The second-order valence-corrected chi connectivity index (χ2v) is 7.84. The molecule has 0 atom stereocenters. The summed E-state index contributed by atoms with van der Waals surface area (Å²) in [5.74, 6) is -0.461. The summed E-state index contributed by atoms with van der Waals surface area (Å²) >= 11 is 0. The molecule has 0 bridgehead atoms. The van der Waals surface area contributed by atoms with Gasteiger partial charge in [-0.05, 0) is 38.1 Å².